The van der Waals surface area contributed by atoms with Gasteiger partial charge in [-0.2, -0.15) is 0 Å². The Morgan fingerprint density at radius 3 is 2.10 bits per heavy atom. The molecule has 1 aromatic carbocycles. The Hall–Kier alpha value is -2.04. The molecule has 5 heteroatoms. The lowest BCUT2D eigenvalue weighted by Crippen LogP contribution is -2.52. The maximum atomic E-state index is 12.0. The number of rotatable bonds is 4. The van der Waals surface area contributed by atoms with Crippen molar-refractivity contribution in [1.82, 2.24) is 5.32 Å². The van der Waals surface area contributed by atoms with Crippen LogP contribution in [0, 0.1) is 6.92 Å². The van der Waals surface area contributed by atoms with Crippen LogP contribution in [-0.2, 0) is 15.1 Å². The molecule has 1 atom stereocenters. The summed E-state index contributed by atoms with van der Waals surface area (Å²) in [6, 6.07) is 7.06. The number of nitrogens with one attached hydrogen (secondary N) is 1. The van der Waals surface area contributed by atoms with Crippen molar-refractivity contribution >= 4 is 12.1 Å². The van der Waals surface area contributed by atoms with E-state index in [9.17, 15) is 14.7 Å². The molecule has 0 radical (unpaired) electrons. The molecule has 0 aliphatic heterocycles. The molecule has 5 nitrogen and oxygen atoms in total. The Bertz CT molecular complexity index is 516. The van der Waals surface area contributed by atoms with Gasteiger partial charge in [-0.05, 0) is 39.7 Å². The first-order valence-corrected chi connectivity index (χ1v) is 6.92. The second-order valence-electron chi connectivity index (χ2n) is 6.06. The van der Waals surface area contributed by atoms with Gasteiger partial charge in [-0.3, -0.25) is 0 Å². The summed E-state index contributed by atoms with van der Waals surface area (Å²) in [6.45, 7) is 8.82. The number of carbonyl (C=O) groups is 2. The number of hydrogen-bond acceptors (Lipinski definition) is 3. The number of aliphatic carboxylic acids is 1. The lowest BCUT2D eigenvalue weighted by atomic mass is 9.87. The zero-order valence-electron chi connectivity index (χ0n) is 13.2. The van der Waals surface area contributed by atoms with Crippen LogP contribution < -0.4 is 5.32 Å². The average Bonchev–Trinajstić information content (AvgIpc) is 2.34. The minimum atomic E-state index is -1.49. The van der Waals surface area contributed by atoms with Gasteiger partial charge in [0.1, 0.15) is 5.60 Å². The maximum absolute atomic E-state index is 12.0. The molecule has 0 aliphatic carbocycles. The molecular weight excluding hydrogens is 270 g/mol. The topological polar surface area (TPSA) is 75.6 Å². The third-order valence-electron chi connectivity index (χ3n) is 3.15. The van der Waals surface area contributed by atoms with E-state index in [2.05, 4.69) is 5.32 Å². The lowest BCUT2D eigenvalue weighted by Gasteiger charge is -2.31. The van der Waals surface area contributed by atoms with Crippen molar-refractivity contribution in [2.75, 3.05) is 0 Å². The normalized spacial score (nSPS) is 14.1. The van der Waals surface area contributed by atoms with Crippen LogP contribution in [0.25, 0.3) is 0 Å². The lowest BCUT2D eigenvalue weighted by molar-refractivity contribution is -0.145. The number of amides is 1. The highest BCUT2D eigenvalue weighted by atomic mass is 16.6. The first-order valence-electron chi connectivity index (χ1n) is 6.92. The van der Waals surface area contributed by atoms with Gasteiger partial charge in [0.25, 0.3) is 0 Å². The van der Waals surface area contributed by atoms with Crippen molar-refractivity contribution in [1.29, 1.82) is 0 Å². The molecule has 21 heavy (non-hydrogen) atoms. The van der Waals surface area contributed by atoms with Gasteiger partial charge < -0.3 is 15.2 Å². The number of carbonyl (C=O) groups excluding carboxylic acids is 1. The number of hydrogen-bond donors (Lipinski definition) is 2. The van der Waals surface area contributed by atoms with E-state index in [1.54, 1.807) is 39.8 Å². The summed E-state index contributed by atoms with van der Waals surface area (Å²) in [5, 5.41) is 12.1. The van der Waals surface area contributed by atoms with Crippen LogP contribution in [-0.4, -0.2) is 22.8 Å². The molecule has 0 aliphatic rings. The maximum Gasteiger partial charge on any atom is 0.408 e. The highest BCUT2D eigenvalue weighted by molar-refractivity contribution is 5.86. The van der Waals surface area contributed by atoms with Gasteiger partial charge >= 0.3 is 12.1 Å². The van der Waals surface area contributed by atoms with Crippen LogP contribution in [0.4, 0.5) is 4.79 Å². The third kappa shape index (κ3) is 4.21. The predicted molar refractivity (Wildman–Crippen MR) is 80.2 cm³/mol. The molecule has 0 fully saturated rings. The minimum Gasteiger partial charge on any atom is -0.479 e. The van der Waals surface area contributed by atoms with Gasteiger partial charge in [-0.1, -0.05) is 36.8 Å². The largest absolute Gasteiger partial charge is 0.479 e. The van der Waals surface area contributed by atoms with Crippen molar-refractivity contribution in [3.05, 3.63) is 35.4 Å². The molecule has 0 saturated heterocycles. The predicted octanol–water partition coefficient (Wildman–Crippen LogP) is 3.21. The Labute approximate surface area is 125 Å². The molecular formula is C16H23NO4. The molecule has 0 aromatic heterocycles. The highest BCUT2D eigenvalue weighted by Crippen LogP contribution is 2.26. The van der Waals surface area contributed by atoms with E-state index in [0.717, 1.165) is 5.56 Å². The van der Waals surface area contributed by atoms with Gasteiger partial charge in [0.2, 0.25) is 0 Å². The molecule has 0 saturated carbocycles. The molecule has 0 bridgehead atoms. The molecule has 2 N–H and O–H groups in total. The van der Waals surface area contributed by atoms with Crippen molar-refractivity contribution in [3.8, 4) is 0 Å². The van der Waals surface area contributed by atoms with Crippen LogP contribution in [0.5, 0.6) is 0 Å². The van der Waals surface area contributed by atoms with Crippen LogP contribution >= 0.6 is 0 Å². The van der Waals surface area contributed by atoms with Gasteiger partial charge in [0.05, 0.1) is 0 Å². The second kappa shape index (κ2) is 6.16. The van der Waals surface area contributed by atoms with Crippen LogP contribution in [0.15, 0.2) is 24.3 Å². The standard InChI is InChI=1S/C16H23NO4/c1-6-16(13(18)19,12-9-7-11(2)8-10-12)17-14(20)21-15(3,4)5/h7-10H,6H2,1-5H3,(H,17,20)(H,18,19). The average molecular weight is 293 g/mol. The van der Waals surface area contributed by atoms with Crippen LogP contribution in [0.3, 0.4) is 0 Å². The van der Waals surface area contributed by atoms with Gasteiger partial charge in [0.15, 0.2) is 5.54 Å². The molecule has 1 rings (SSSR count). The summed E-state index contributed by atoms with van der Waals surface area (Å²) in [5.74, 6) is -1.11. The first-order chi connectivity index (χ1) is 9.60. The van der Waals surface area contributed by atoms with Gasteiger partial charge in [-0.15, -0.1) is 0 Å². The fraction of sp³-hybridized carbons (Fsp3) is 0.500. The van der Waals surface area contributed by atoms with E-state index in [-0.39, 0.29) is 6.42 Å². The van der Waals surface area contributed by atoms with E-state index < -0.39 is 23.2 Å². The van der Waals surface area contributed by atoms with Gasteiger partial charge in [0, 0.05) is 0 Å². The van der Waals surface area contributed by atoms with Crippen LogP contribution in [0.2, 0.25) is 0 Å². The Kier molecular flexibility index (Phi) is 4.99. The quantitative estimate of drug-likeness (QED) is 0.893. The summed E-state index contributed by atoms with van der Waals surface area (Å²) in [6.07, 6.45) is -0.530. The molecule has 0 spiro atoms. The van der Waals surface area contributed by atoms with E-state index in [1.165, 1.54) is 0 Å². The van der Waals surface area contributed by atoms with Crippen molar-refractivity contribution < 1.29 is 19.4 Å². The van der Waals surface area contributed by atoms with E-state index >= 15 is 0 Å². The summed E-state index contributed by atoms with van der Waals surface area (Å²) in [4.78, 5) is 23.7. The number of carboxylic acid groups (broad SMARTS) is 1. The number of carboxylic acids is 1. The SMILES string of the molecule is CCC(NC(=O)OC(C)(C)C)(C(=O)O)c1ccc(C)cc1. The third-order valence-corrected chi connectivity index (χ3v) is 3.15. The highest BCUT2D eigenvalue weighted by Gasteiger charge is 2.41. The fourth-order valence-electron chi connectivity index (χ4n) is 2.01. The zero-order chi connectivity index (χ0) is 16.3. The molecule has 116 valence electrons. The number of aryl methyl sites for hydroxylation is 1. The molecule has 0 heterocycles. The summed E-state index contributed by atoms with van der Waals surface area (Å²) in [7, 11) is 0. The van der Waals surface area contributed by atoms with Crippen molar-refractivity contribution in [2.45, 2.75) is 52.2 Å². The van der Waals surface area contributed by atoms with Crippen molar-refractivity contribution in [3.63, 3.8) is 0 Å². The van der Waals surface area contributed by atoms with E-state index in [4.69, 9.17) is 4.74 Å². The Balaban J connectivity index is 3.13. The summed E-state index contributed by atoms with van der Waals surface area (Å²) >= 11 is 0. The molecule has 1 amide bonds. The molecule has 1 aromatic rings. The fourth-order valence-corrected chi connectivity index (χ4v) is 2.01. The first kappa shape index (κ1) is 17.0. The number of ether oxygens (including phenoxy) is 1. The molecule has 1 unspecified atom stereocenters. The summed E-state index contributed by atoms with van der Waals surface area (Å²) in [5.41, 5.74) is -0.633. The van der Waals surface area contributed by atoms with E-state index in [1.807, 2.05) is 19.1 Å². The Morgan fingerprint density at radius 2 is 1.71 bits per heavy atom. The Morgan fingerprint density at radius 1 is 1.19 bits per heavy atom. The smallest absolute Gasteiger partial charge is 0.408 e. The number of alkyl carbamates (subject to hydrolysis) is 1. The second-order valence-corrected chi connectivity index (χ2v) is 6.06. The van der Waals surface area contributed by atoms with Crippen molar-refractivity contribution in [2.24, 2.45) is 0 Å². The van der Waals surface area contributed by atoms with Crippen LogP contribution in [0.1, 0.15) is 45.2 Å². The van der Waals surface area contributed by atoms with Gasteiger partial charge in [-0.25, -0.2) is 9.59 Å². The minimum absolute atomic E-state index is 0.213. The zero-order valence-corrected chi connectivity index (χ0v) is 13.2. The monoisotopic (exact) mass is 293 g/mol. The van der Waals surface area contributed by atoms with E-state index in [0.29, 0.717) is 5.56 Å². The number of benzene rings is 1. The summed E-state index contributed by atoms with van der Waals surface area (Å²) < 4.78 is 5.18.